The summed E-state index contributed by atoms with van der Waals surface area (Å²) < 4.78 is 7.50. The summed E-state index contributed by atoms with van der Waals surface area (Å²) in [5.74, 6) is 0.229. The SMILES string of the molecule is N#C/C(=C/c1cc(Br)c(OCc2ccc3ccccc3c2)c(Br)c1)C(=O)NCc1ccccc1. The Kier molecular flexibility index (Phi) is 7.79. The van der Waals surface area contributed by atoms with Gasteiger partial charge in [0.2, 0.25) is 0 Å². The summed E-state index contributed by atoms with van der Waals surface area (Å²) >= 11 is 7.11. The van der Waals surface area contributed by atoms with E-state index in [0.717, 1.165) is 25.5 Å². The van der Waals surface area contributed by atoms with Crippen molar-refractivity contribution in [2.24, 2.45) is 0 Å². The average molecular weight is 576 g/mol. The molecule has 4 nitrogen and oxygen atoms in total. The Morgan fingerprint density at radius 1 is 0.882 bits per heavy atom. The molecule has 0 atom stereocenters. The van der Waals surface area contributed by atoms with E-state index < -0.39 is 5.91 Å². The van der Waals surface area contributed by atoms with Crippen LogP contribution in [0.4, 0.5) is 0 Å². The van der Waals surface area contributed by atoms with Crippen LogP contribution in [-0.4, -0.2) is 5.91 Å². The van der Waals surface area contributed by atoms with Gasteiger partial charge in [0.05, 0.1) is 8.95 Å². The fourth-order valence-corrected chi connectivity index (χ4v) is 4.92. The van der Waals surface area contributed by atoms with Crippen LogP contribution in [0.25, 0.3) is 16.8 Å². The summed E-state index contributed by atoms with van der Waals surface area (Å²) in [6.45, 7) is 0.760. The molecule has 0 bridgehead atoms. The molecule has 0 radical (unpaired) electrons. The lowest BCUT2D eigenvalue weighted by Crippen LogP contribution is -2.23. The third-order valence-corrected chi connectivity index (χ3v) is 6.37. The van der Waals surface area contributed by atoms with Gasteiger partial charge in [-0.25, -0.2) is 0 Å². The number of benzene rings is 4. The third kappa shape index (κ3) is 5.93. The maximum Gasteiger partial charge on any atom is 0.262 e. The van der Waals surface area contributed by atoms with Crippen LogP contribution in [0, 0.1) is 11.3 Å². The van der Waals surface area contributed by atoms with Gasteiger partial charge in [-0.1, -0.05) is 66.7 Å². The van der Waals surface area contributed by atoms with Gasteiger partial charge in [0, 0.05) is 6.54 Å². The molecule has 0 fully saturated rings. The first-order valence-electron chi connectivity index (χ1n) is 10.6. The van der Waals surface area contributed by atoms with Crippen LogP contribution in [0.2, 0.25) is 0 Å². The molecule has 0 saturated heterocycles. The van der Waals surface area contributed by atoms with Gasteiger partial charge in [-0.15, -0.1) is 0 Å². The van der Waals surface area contributed by atoms with Crippen LogP contribution in [0.3, 0.4) is 0 Å². The number of amides is 1. The van der Waals surface area contributed by atoms with E-state index in [0.29, 0.717) is 24.5 Å². The van der Waals surface area contributed by atoms with Gasteiger partial charge in [-0.2, -0.15) is 5.26 Å². The molecule has 4 aromatic carbocycles. The lowest BCUT2D eigenvalue weighted by molar-refractivity contribution is -0.117. The normalized spacial score (nSPS) is 11.1. The smallest absolute Gasteiger partial charge is 0.262 e. The van der Waals surface area contributed by atoms with E-state index in [2.05, 4.69) is 67.5 Å². The van der Waals surface area contributed by atoms with Gasteiger partial charge in [-0.05, 0) is 83.6 Å². The van der Waals surface area contributed by atoms with E-state index in [4.69, 9.17) is 4.74 Å². The minimum absolute atomic E-state index is 0.0274. The lowest BCUT2D eigenvalue weighted by Gasteiger charge is -2.12. The Hall–Kier alpha value is -3.40. The maximum absolute atomic E-state index is 12.5. The van der Waals surface area contributed by atoms with Crippen molar-refractivity contribution in [2.75, 3.05) is 0 Å². The van der Waals surface area contributed by atoms with Crippen LogP contribution in [-0.2, 0) is 17.9 Å². The van der Waals surface area contributed by atoms with E-state index in [9.17, 15) is 10.1 Å². The molecule has 0 aliphatic carbocycles. The fraction of sp³-hybridized carbons (Fsp3) is 0.0714. The Balaban J connectivity index is 1.46. The van der Waals surface area contributed by atoms with E-state index in [1.807, 2.05) is 60.7 Å². The molecule has 34 heavy (non-hydrogen) atoms. The van der Waals surface area contributed by atoms with Crippen LogP contribution in [0.1, 0.15) is 16.7 Å². The lowest BCUT2D eigenvalue weighted by atomic mass is 10.1. The Labute approximate surface area is 215 Å². The molecule has 1 N–H and O–H groups in total. The monoisotopic (exact) mass is 574 g/mol. The predicted molar refractivity (Wildman–Crippen MR) is 142 cm³/mol. The summed E-state index contributed by atoms with van der Waals surface area (Å²) in [5, 5.41) is 14.6. The van der Waals surface area contributed by atoms with Crippen LogP contribution < -0.4 is 10.1 Å². The highest BCUT2D eigenvalue weighted by molar-refractivity contribution is 9.11. The summed E-state index contributed by atoms with van der Waals surface area (Å²) in [4.78, 5) is 12.5. The minimum atomic E-state index is -0.421. The Morgan fingerprint density at radius 3 is 2.26 bits per heavy atom. The van der Waals surface area contributed by atoms with Crippen molar-refractivity contribution < 1.29 is 9.53 Å². The molecule has 0 spiro atoms. The number of nitriles is 1. The predicted octanol–water partition coefficient (Wildman–Crippen LogP) is 7.17. The molecular weight excluding hydrogens is 556 g/mol. The van der Waals surface area contributed by atoms with E-state index in [-0.39, 0.29) is 5.57 Å². The largest absolute Gasteiger partial charge is 0.487 e. The van der Waals surface area contributed by atoms with Crippen molar-refractivity contribution in [1.29, 1.82) is 5.26 Å². The standard InChI is InChI=1S/C28H20Br2N2O2/c29-25-14-21(13-24(16-31)28(33)32-17-19-6-2-1-3-7-19)15-26(30)27(25)34-18-20-10-11-22-8-4-5-9-23(22)12-20/h1-15H,17-18H2,(H,32,33)/b24-13-. The third-order valence-electron chi connectivity index (χ3n) is 5.19. The number of ether oxygens (including phenoxy) is 1. The Morgan fingerprint density at radius 2 is 1.56 bits per heavy atom. The van der Waals surface area contributed by atoms with Gasteiger partial charge in [0.15, 0.2) is 0 Å². The molecule has 0 saturated carbocycles. The number of rotatable bonds is 7. The highest BCUT2D eigenvalue weighted by Crippen LogP contribution is 2.36. The van der Waals surface area contributed by atoms with Crippen molar-refractivity contribution in [1.82, 2.24) is 5.32 Å². The molecule has 4 aromatic rings. The molecule has 4 rings (SSSR count). The molecule has 0 aliphatic rings. The minimum Gasteiger partial charge on any atom is -0.487 e. The van der Waals surface area contributed by atoms with Gasteiger partial charge in [0.1, 0.15) is 24.0 Å². The number of nitrogens with zero attached hydrogens (tertiary/aromatic N) is 1. The van der Waals surface area contributed by atoms with Crippen LogP contribution in [0.5, 0.6) is 5.75 Å². The van der Waals surface area contributed by atoms with E-state index in [1.54, 1.807) is 6.08 Å². The van der Waals surface area contributed by atoms with E-state index >= 15 is 0 Å². The van der Waals surface area contributed by atoms with Crippen molar-refractivity contribution in [3.63, 3.8) is 0 Å². The number of carbonyl (C=O) groups excluding carboxylic acids is 1. The average Bonchev–Trinajstić information content (AvgIpc) is 2.86. The second kappa shape index (κ2) is 11.1. The summed E-state index contributed by atoms with van der Waals surface area (Å²) in [6.07, 6.45) is 1.56. The van der Waals surface area contributed by atoms with Gasteiger partial charge >= 0.3 is 0 Å². The fourth-order valence-electron chi connectivity index (χ4n) is 3.47. The highest BCUT2D eigenvalue weighted by atomic mass is 79.9. The van der Waals surface area contributed by atoms with Crippen molar-refractivity contribution in [3.8, 4) is 11.8 Å². The summed E-state index contributed by atoms with van der Waals surface area (Å²) in [6, 6.07) is 29.6. The zero-order valence-electron chi connectivity index (χ0n) is 18.1. The molecule has 6 heteroatoms. The van der Waals surface area contributed by atoms with Crippen LogP contribution >= 0.6 is 31.9 Å². The van der Waals surface area contributed by atoms with Crippen molar-refractivity contribution >= 4 is 54.6 Å². The van der Waals surface area contributed by atoms with Gasteiger partial charge in [0.25, 0.3) is 5.91 Å². The molecule has 0 heterocycles. The molecule has 0 aromatic heterocycles. The number of halogens is 2. The first-order chi connectivity index (χ1) is 16.5. The summed E-state index contributed by atoms with van der Waals surface area (Å²) in [5.41, 5.74) is 2.75. The first kappa shape index (κ1) is 23.7. The molecule has 1 amide bonds. The zero-order chi connectivity index (χ0) is 23.9. The Bertz CT molecular complexity index is 1390. The molecular formula is C28H20Br2N2O2. The zero-order valence-corrected chi connectivity index (χ0v) is 21.3. The maximum atomic E-state index is 12.5. The van der Waals surface area contributed by atoms with Gasteiger partial charge < -0.3 is 10.1 Å². The topological polar surface area (TPSA) is 62.1 Å². The van der Waals surface area contributed by atoms with Crippen molar-refractivity contribution in [2.45, 2.75) is 13.2 Å². The van der Waals surface area contributed by atoms with Gasteiger partial charge in [-0.3, -0.25) is 4.79 Å². The molecule has 168 valence electrons. The second-order valence-corrected chi connectivity index (χ2v) is 9.33. The summed E-state index contributed by atoms with van der Waals surface area (Å²) in [7, 11) is 0. The highest BCUT2D eigenvalue weighted by Gasteiger charge is 2.13. The number of hydrogen-bond acceptors (Lipinski definition) is 3. The second-order valence-electron chi connectivity index (χ2n) is 7.62. The molecule has 0 unspecified atom stereocenters. The van der Waals surface area contributed by atoms with E-state index in [1.165, 1.54) is 5.39 Å². The van der Waals surface area contributed by atoms with Crippen LogP contribution in [0.15, 0.2) is 99.4 Å². The number of nitrogens with one attached hydrogen (secondary N) is 1. The quantitative estimate of drug-likeness (QED) is 0.188. The number of fused-ring (bicyclic) bond motifs is 1. The van der Waals surface area contributed by atoms with Crippen molar-refractivity contribution in [3.05, 3.63) is 116 Å². The number of carbonyl (C=O) groups is 1. The number of hydrogen-bond donors (Lipinski definition) is 1. The first-order valence-corrected chi connectivity index (χ1v) is 12.2. The molecule has 0 aliphatic heterocycles.